The molecular weight excluding hydrogens is 442 g/mol. The van der Waals surface area contributed by atoms with E-state index in [9.17, 15) is 10.1 Å². The molecule has 35 heavy (non-hydrogen) atoms. The summed E-state index contributed by atoms with van der Waals surface area (Å²) in [7, 11) is 2.16. The van der Waals surface area contributed by atoms with E-state index in [1.807, 2.05) is 12.1 Å². The van der Waals surface area contributed by atoms with Crippen molar-refractivity contribution in [2.24, 2.45) is 0 Å². The van der Waals surface area contributed by atoms with Crippen molar-refractivity contribution in [1.82, 2.24) is 24.4 Å². The summed E-state index contributed by atoms with van der Waals surface area (Å²) in [6.07, 6.45) is 7.85. The van der Waals surface area contributed by atoms with E-state index in [4.69, 9.17) is 4.42 Å². The van der Waals surface area contributed by atoms with Crippen molar-refractivity contribution < 1.29 is 4.42 Å². The quantitative estimate of drug-likeness (QED) is 0.466. The van der Waals surface area contributed by atoms with Crippen LogP contribution in [0.15, 0.2) is 39.7 Å². The summed E-state index contributed by atoms with van der Waals surface area (Å²) >= 11 is 0. The third kappa shape index (κ3) is 4.04. The highest BCUT2D eigenvalue weighted by atomic mass is 16.4. The van der Waals surface area contributed by atoms with Crippen LogP contribution in [-0.4, -0.2) is 44.6 Å². The lowest BCUT2D eigenvalue weighted by molar-refractivity contribution is 0.255. The van der Waals surface area contributed by atoms with Crippen LogP contribution in [0.25, 0.3) is 22.1 Å². The van der Waals surface area contributed by atoms with Gasteiger partial charge in [0.05, 0.1) is 0 Å². The lowest BCUT2D eigenvalue weighted by atomic mass is 9.89. The smallest absolute Gasteiger partial charge is 0.302 e. The zero-order valence-electron chi connectivity index (χ0n) is 19.7. The molecule has 178 valence electrons. The number of oxazole rings is 1. The molecule has 3 aromatic heterocycles. The summed E-state index contributed by atoms with van der Waals surface area (Å²) in [6.45, 7) is 2.21. The van der Waals surface area contributed by atoms with E-state index in [2.05, 4.69) is 44.3 Å². The molecule has 2 aliphatic rings. The highest BCUT2D eigenvalue weighted by molar-refractivity contribution is 5.78. The second kappa shape index (κ2) is 8.78. The number of anilines is 2. The molecule has 0 spiro atoms. The van der Waals surface area contributed by atoms with E-state index in [0.717, 1.165) is 62.7 Å². The van der Waals surface area contributed by atoms with Gasteiger partial charge in [0.15, 0.2) is 5.58 Å². The van der Waals surface area contributed by atoms with Crippen molar-refractivity contribution in [3.8, 4) is 6.07 Å². The molecule has 0 bridgehead atoms. The second-order valence-electron chi connectivity index (χ2n) is 9.70. The molecule has 4 heterocycles. The Morgan fingerprint density at radius 1 is 1.11 bits per heavy atom. The molecule has 0 amide bonds. The Hall–Kier alpha value is -3.77. The molecule has 6 rings (SSSR count). The van der Waals surface area contributed by atoms with Gasteiger partial charge in [0, 0.05) is 17.6 Å². The Labute approximate surface area is 202 Å². The van der Waals surface area contributed by atoms with Crippen molar-refractivity contribution in [3.63, 3.8) is 0 Å². The van der Waals surface area contributed by atoms with Crippen LogP contribution in [0, 0.1) is 11.3 Å². The van der Waals surface area contributed by atoms with Crippen molar-refractivity contribution in [1.29, 1.82) is 5.26 Å². The third-order valence-corrected chi connectivity index (χ3v) is 7.40. The summed E-state index contributed by atoms with van der Waals surface area (Å²) in [5.74, 6) is 0.835. The molecule has 1 aliphatic carbocycles. The van der Waals surface area contributed by atoms with E-state index < -0.39 is 0 Å². The lowest BCUT2D eigenvalue weighted by Crippen LogP contribution is -2.29. The van der Waals surface area contributed by atoms with E-state index in [1.54, 1.807) is 16.8 Å². The van der Waals surface area contributed by atoms with Gasteiger partial charge in [0.25, 0.3) is 5.56 Å². The largest absolute Gasteiger partial charge is 0.423 e. The predicted molar refractivity (Wildman–Crippen MR) is 133 cm³/mol. The lowest BCUT2D eigenvalue weighted by Gasteiger charge is -2.29. The average molecular weight is 470 g/mol. The maximum absolute atomic E-state index is 13.0. The molecule has 4 aromatic rings. The zero-order chi connectivity index (χ0) is 23.9. The summed E-state index contributed by atoms with van der Waals surface area (Å²) < 4.78 is 7.68. The number of hydrogen-bond acceptors (Lipinski definition) is 8. The monoisotopic (exact) mass is 469 g/mol. The van der Waals surface area contributed by atoms with Crippen LogP contribution >= 0.6 is 0 Å². The summed E-state index contributed by atoms with van der Waals surface area (Å²) in [4.78, 5) is 28.9. The standard InChI is InChI=1S/C26H27N7O2/c1-32-10-8-16(9-11-32)17-6-7-21-22(13-17)35-26(29-21)31-25-28-15-19-12-18(14-27)24(34)33(23(19)30-25)20-4-2-3-5-20/h6-7,12-13,15-16,20H,2-5,8-11H2,1H3,(H,28,29,30,31). The summed E-state index contributed by atoms with van der Waals surface area (Å²) in [5.41, 5.74) is 3.13. The Morgan fingerprint density at radius 3 is 2.69 bits per heavy atom. The fraction of sp³-hybridized carbons (Fsp3) is 0.423. The van der Waals surface area contributed by atoms with Gasteiger partial charge in [0.2, 0.25) is 5.95 Å². The van der Waals surface area contributed by atoms with Gasteiger partial charge in [-0.1, -0.05) is 18.9 Å². The molecule has 1 saturated carbocycles. The highest BCUT2D eigenvalue weighted by Gasteiger charge is 2.23. The molecule has 1 aromatic carbocycles. The van der Waals surface area contributed by atoms with Gasteiger partial charge >= 0.3 is 6.01 Å². The number of aromatic nitrogens is 4. The van der Waals surface area contributed by atoms with E-state index in [1.165, 1.54) is 5.56 Å². The van der Waals surface area contributed by atoms with Crippen LogP contribution in [0.2, 0.25) is 0 Å². The number of piperidine rings is 1. The minimum Gasteiger partial charge on any atom is -0.423 e. The molecule has 1 N–H and O–H groups in total. The summed E-state index contributed by atoms with van der Waals surface area (Å²) in [6, 6.07) is 10.2. The number of likely N-dealkylation sites (tertiary alicyclic amines) is 1. The molecule has 0 radical (unpaired) electrons. The van der Waals surface area contributed by atoms with Crippen LogP contribution in [0.4, 0.5) is 12.0 Å². The van der Waals surface area contributed by atoms with Gasteiger partial charge in [-0.15, -0.1) is 0 Å². The molecule has 1 aliphatic heterocycles. The Bertz CT molecular complexity index is 1500. The average Bonchev–Trinajstić information content (AvgIpc) is 3.53. The van der Waals surface area contributed by atoms with Gasteiger partial charge in [-0.25, -0.2) is 4.98 Å². The maximum Gasteiger partial charge on any atom is 0.302 e. The number of pyridine rings is 1. The van der Waals surface area contributed by atoms with Crippen LogP contribution in [0.5, 0.6) is 0 Å². The normalized spacial score (nSPS) is 17.8. The van der Waals surface area contributed by atoms with Crippen LogP contribution < -0.4 is 10.9 Å². The molecule has 0 unspecified atom stereocenters. The van der Waals surface area contributed by atoms with Crippen LogP contribution in [-0.2, 0) is 0 Å². The van der Waals surface area contributed by atoms with Crippen molar-refractivity contribution in [2.75, 3.05) is 25.5 Å². The molecular formula is C26H27N7O2. The Kier molecular flexibility index (Phi) is 5.46. The minimum absolute atomic E-state index is 0.0448. The van der Waals surface area contributed by atoms with Crippen LogP contribution in [0.1, 0.15) is 61.6 Å². The van der Waals surface area contributed by atoms with Gasteiger partial charge in [0.1, 0.15) is 22.8 Å². The first-order chi connectivity index (χ1) is 17.1. The highest BCUT2D eigenvalue weighted by Crippen LogP contribution is 2.32. The number of hydrogen-bond donors (Lipinski definition) is 1. The SMILES string of the molecule is CN1CCC(c2ccc3nc(Nc4ncc5cc(C#N)c(=O)n(C6CCCC6)c5n4)oc3c2)CC1. The predicted octanol–water partition coefficient (Wildman–Crippen LogP) is 4.47. The Balaban J connectivity index is 1.32. The van der Waals surface area contributed by atoms with Crippen molar-refractivity contribution >= 4 is 34.1 Å². The van der Waals surface area contributed by atoms with Gasteiger partial charge in [-0.3, -0.25) is 14.7 Å². The topological polar surface area (TPSA) is 113 Å². The van der Waals surface area contributed by atoms with Gasteiger partial charge in [-0.05, 0) is 75.5 Å². The van der Waals surface area contributed by atoms with Crippen LogP contribution in [0.3, 0.4) is 0 Å². The fourth-order valence-electron chi connectivity index (χ4n) is 5.45. The molecule has 1 saturated heterocycles. The maximum atomic E-state index is 13.0. The van der Waals surface area contributed by atoms with Crippen molar-refractivity contribution in [3.05, 3.63) is 51.9 Å². The molecule has 9 heteroatoms. The number of benzene rings is 1. The number of nitrogens with zero attached hydrogens (tertiary/aromatic N) is 6. The van der Waals surface area contributed by atoms with Gasteiger partial charge in [-0.2, -0.15) is 15.2 Å². The minimum atomic E-state index is -0.292. The molecule has 9 nitrogen and oxygen atoms in total. The fourth-order valence-corrected chi connectivity index (χ4v) is 5.45. The van der Waals surface area contributed by atoms with Crippen molar-refractivity contribution in [2.45, 2.75) is 50.5 Å². The Morgan fingerprint density at radius 2 is 1.91 bits per heavy atom. The molecule has 0 atom stereocenters. The number of rotatable bonds is 4. The third-order valence-electron chi connectivity index (χ3n) is 7.40. The van der Waals surface area contributed by atoms with E-state index >= 15 is 0 Å². The number of nitrogens with one attached hydrogen (secondary N) is 1. The summed E-state index contributed by atoms with van der Waals surface area (Å²) in [5, 5.41) is 13.2. The first kappa shape index (κ1) is 21.7. The first-order valence-electron chi connectivity index (χ1n) is 12.3. The van der Waals surface area contributed by atoms with Gasteiger partial charge < -0.3 is 9.32 Å². The zero-order valence-corrected chi connectivity index (χ0v) is 19.7. The molecule has 2 fully saturated rings. The van der Waals surface area contributed by atoms with E-state index in [-0.39, 0.29) is 17.2 Å². The van der Waals surface area contributed by atoms with E-state index in [0.29, 0.717) is 28.9 Å². The number of nitriles is 1. The number of fused-ring (bicyclic) bond motifs is 2. The first-order valence-corrected chi connectivity index (χ1v) is 12.3. The second-order valence-corrected chi connectivity index (χ2v) is 9.70.